The van der Waals surface area contributed by atoms with E-state index in [0.717, 1.165) is 29.1 Å². The molecule has 4 heterocycles. The Morgan fingerprint density at radius 3 is 2.86 bits per heavy atom. The van der Waals surface area contributed by atoms with Gasteiger partial charge in [0.15, 0.2) is 0 Å². The van der Waals surface area contributed by atoms with E-state index in [1.807, 2.05) is 36.4 Å². The third-order valence-corrected chi connectivity index (χ3v) is 5.00. The number of fused-ring (bicyclic) bond motifs is 2. The first kappa shape index (κ1) is 16.5. The fraction of sp³-hybridized carbons (Fsp3) is 0.200. The molecule has 3 aromatic heterocycles. The lowest BCUT2D eigenvalue weighted by atomic mass is 10.1. The van der Waals surface area contributed by atoms with Crippen LogP contribution in [0.2, 0.25) is 0 Å². The lowest BCUT2D eigenvalue weighted by Crippen LogP contribution is -2.40. The van der Waals surface area contributed by atoms with Crippen LogP contribution in [0.15, 0.2) is 64.2 Å². The van der Waals surface area contributed by atoms with Gasteiger partial charge in [-0.15, -0.1) is 0 Å². The van der Waals surface area contributed by atoms with Crippen molar-refractivity contribution in [3.63, 3.8) is 0 Å². The molecule has 1 aliphatic rings. The first-order valence-electron chi connectivity index (χ1n) is 9.03. The molecule has 0 unspecified atom stereocenters. The van der Waals surface area contributed by atoms with Gasteiger partial charge in [-0.1, -0.05) is 30.3 Å². The minimum atomic E-state index is -0.338. The van der Waals surface area contributed by atoms with Gasteiger partial charge in [0.05, 0.1) is 12.7 Å². The Morgan fingerprint density at radius 1 is 1.14 bits per heavy atom. The molecule has 0 saturated heterocycles. The van der Waals surface area contributed by atoms with E-state index in [1.54, 1.807) is 11.0 Å². The summed E-state index contributed by atoms with van der Waals surface area (Å²) in [6.45, 7) is 0.871. The third-order valence-electron chi connectivity index (χ3n) is 5.00. The number of benzene rings is 1. The average molecular weight is 375 g/mol. The van der Waals surface area contributed by atoms with Crippen LogP contribution in [0, 0.1) is 0 Å². The summed E-state index contributed by atoms with van der Waals surface area (Å²) in [6, 6.07) is 13.5. The number of furan rings is 1. The zero-order valence-corrected chi connectivity index (χ0v) is 15.0. The maximum atomic E-state index is 12.7. The third kappa shape index (κ3) is 2.79. The predicted molar refractivity (Wildman–Crippen MR) is 101 cm³/mol. The molecule has 140 valence electrons. The number of carbonyl (C=O) groups is 1. The van der Waals surface area contributed by atoms with E-state index >= 15 is 0 Å². The Labute approximate surface area is 159 Å². The number of hydrogen-bond donors (Lipinski definition) is 0. The van der Waals surface area contributed by atoms with Crippen LogP contribution in [0.5, 0.6) is 0 Å². The van der Waals surface area contributed by atoms with Crippen molar-refractivity contribution < 1.29 is 9.21 Å². The van der Waals surface area contributed by atoms with Gasteiger partial charge in [-0.05, 0) is 24.1 Å². The second-order valence-electron chi connectivity index (χ2n) is 6.75. The molecule has 0 atom stereocenters. The molecule has 8 heteroatoms. The standard InChI is InChI=1S/C20H17N5O3/c26-19(12-24-20(27)16-6-8-21-25(16)13-22-24)23-9-7-15-10-17(28-18(15)11-23)14-4-2-1-3-5-14/h1-6,8,10,13H,7,9,11-12H2. The fourth-order valence-corrected chi connectivity index (χ4v) is 3.49. The highest BCUT2D eigenvalue weighted by atomic mass is 16.3. The number of amides is 1. The molecule has 1 aliphatic heterocycles. The van der Waals surface area contributed by atoms with E-state index in [1.165, 1.54) is 21.7 Å². The van der Waals surface area contributed by atoms with Crippen molar-refractivity contribution >= 4 is 11.4 Å². The molecule has 0 radical (unpaired) electrons. The minimum Gasteiger partial charge on any atom is -0.459 e. The van der Waals surface area contributed by atoms with Crippen LogP contribution in [0.1, 0.15) is 11.3 Å². The van der Waals surface area contributed by atoms with Crippen LogP contribution in [0.3, 0.4) is 0 Å². The van der Waals surface area contributed by atoms with Crippen molar-refractivity contribution in [3.05, 3.63) is 76.7 Å². The smallest absolute Gasteiger partial charge is 0.293 e. The van der Waals surface area contributed by atoms with Crippen LogP contribution in [-0.2, 0) is 24.3 Å². The van der Waals surface area contributed by atoms with Gasteiger partial charge in [-0.2, -0.15) is 10.2 Å². The number of aromatic nitrogens is 4. The van der Waals surface area contributed by atoms with Crippen LogP contribution < -0.4 is 5.56 Å². The van der Waals surface area contributed by atoms with Crippen LogP contribution in [-0.4, -0.2) is 36.7 Å². The molecule has 4 aromatic rings. The SMILES string of the molecule is O=C(Cn1ncn2nccc2c1=O)N1CCc2cc(-c3ccccc3)oc2C1. The molecule has 0 spiro atoms. The molecule has 0 saturated carbocycles. The van der Waals surface area contributed by atoms with E-state index in [4.69, 9.17) is 4.42 Å². The van der Waals surface area contributed by atoms with E-state index in [0.29, 0.717) is 18.6 Å². The van der Waals surface area contributed by atoms with Gasteiger partial charge >= 0.3 is 0 Å². The summed E-state index contributed by atoms with van der Waals surface area (Å²) in [7, 11) is 0. The summed E-state index contributed by atoms with van der Waals surface area (Å²) in [5, 5.41) is 8.01. The number of hydrogen-bond acceptors (Lipinski definition) is 5. The van der Waals surface area contributed by atoms with Crippen molar-refractivity contribution in [1.29, 1.82) is 0 Å². The highest BCUT2D eigenvalue weighted by Crippen LogP contribution is 2.29. The van der Waals surface area contributed by atoms with Crippen molar-refractivity contribution in [2.75, 3.05) is 6.54 Å². The summed E-state index contributed by atoms with van der Waals surface area (Å²) < 4.78 is 8.57. The predicted octanol–water partition coefficient (Wildman–Crippen LogP) is 1.74. The van der Waals surface area contributed by atoms with E-state index in [2.05, 4.69) is 10.2 Å². The van der Waals surface area contributed by atoms with Crippen LogP contribution >= 0.6 is 0 Å². The lowest BCUT2D eigenvalue weighted by molar-refractivity contribution is -0.133. The summed E-state index contributed by atoms with van der Waals surface area (Å²) in [5.74, 6) is 1.44. The quantitative estimate of drug-likeness (QED) is 0.544. The van der Waals surface area contributed by atoms with Gasteiger partial charge in [-0.3, -0.25) is 9.59 Å². The van der Waals surface area contributed by atoms with Crippen LogP contribution in [0.25, 0.3) is 16.8 Å². The largest absolute Gasteiger partial charge is 0.459 e. The molecule has 1 aromatic carbocycles. The van der Waals surface area contributed by atoms with Crippen molar-refractivity contribution in [2.45, 2.75) is 19.5 Å². The van der Waals surface area contributed by atoms with E-state index in [-0.39, 0.29) is 18.0 Å². The zero-order valence-electron chi connectivity index (χ0n) is 15.0. The lowest BCUT2D eigenvalue weighted by Gasteiger charge is -2.26. The number of rotatable bonds is 3. The Balaban J connectivity index is 1.35. The highest BCUT2D eigenvalue weighted by molar-refractivity contribution is 5.76. The van der Waals surface area contributed by atoms with Crippen molar-refractivity contribution in [1.82, 2.24) is 24.3 Å². The number of carbonyl (C=O) groups excluding carboxylic acids is 1. The normalized spacial score (nSPS) is 13.6. The van der Waals surface area contributed by atoms with Gasteiger partial charge in [0.25, 0.3) is 5.56 Å². The van der Waals surface area contributed by atoms with Crippen molar-refractivity contribution in [2.24, 2.45) is 0 Å². The molecule has 0 bridgehead atoms. The maximum absolute atomic E-state index is 12.7. The zero-order chi connectivity index (χ0) is 19.1. The number of nitrogens with zero attached hydrogens (tertiary/aromatic N) is 5. The summed E-state index contributed by atoms with van der Waals surface area (Å²) >= 11 is 0. The first-order valence-corrected chi connectivity index (χ1v) is 9.03. The Bertz CT molecular complexity index is 1220. The van der Waals surface area contributed by atoms with Gasteiger partial charge in [0, 0.05) is 12.1 Å². The second kappa shape index (κ2) is 6.49. The monoisotopic (exact) mass is 375 g/mol. The topological polar surface area (TPSA) is 85.6 Å². The Kier molecular flexibility index (Phi) is 3.82. The maximum Gasteiger partial charge on any atom is 0.293 e. The minimum absolute atomic E-state index is 0.109. The molecule has 1 amide bonds. The van der Waals surface area contributed by atoms with Gasteiger partial charge in [0.1, 0.15) is 29.9 Å². The highest BCUT2D eigenvalue weighted by Gasteiger charge is 2.25. The van der Waals surface area contributed by atoms with Gasteiger partial charge in [-0.25, -0.2) is 9.20 Å². The Hall–Kier alpha value is -3.68. The summed E-state index contributed by atoms with van der Waals surface area (Å²) in [5.41, 5.74) is 2.19. The molecule has 5 rings (SSSR count). The molecule has 8 nitrogen and oxygen atoms in total. The average Bonchev–Trinajstić information content (AvgIpc) is 3.37. The van der Waals surface area contributed by atoms with Crippen LogP contribution in [0.4, 0.5) is 0 Å². The summed E-state index contributed by atoms with van der Waals surface area (Å²) in [6.07, 6.45) is 3.68. The molecular weight excluding hydrogens is 358 g/mol. The second-order valence-corrected chi connectivity index (χ2v) is 6.75. The van der Waals surface area contributed by atoms with E-state index < -0.39 is 0 Å². The molecule has 0 aliphatic carbocycles. The fourth-order valence-electron chi connectivity index (χ4n) is 3.49. The molecule has 0 N–H and O–H groups in total. The Morgan fingerprint density at radius 2 is 2.00 bits per heavy atom. The molecule has 28 heavy (non-hydrogen) atoms. The van der Waals surface area contributed by atoms with Gasteiger partial charge < -0.3 is 9.32 Å². The van der Waals surface area contributed by atoms with Gasteiger partial charge in [0.2, 0.25) is 5.91 Å². The summed E-state index contributed by atoms with van der Waals surface area (Å²) in [4.78, 5) is 26.9. The van der Waals surface area contributed by atoms with Crippen molar-refractivity contribution in [3.8, 4) is 11.3 Å². The molecular formula is C20H17N5O3. The van der Waals surface area contributed by atoms with E-state index in [9.17, 15) is 9.59 Å². The first-order chi connectivity index (χ1) is 13.7. The molecule has 0 fully saturated rings.